The normalized spacial score (nSPS) is 14.2. The SMILES string of the molecule is C[C@@H](c1ccc(Br)cc1)[N+](C)(C)C. The predicted octanol–water partition coefficient (Wildman–Crippen LogP) is 3.22. The molecule has 2 heteroatoms. The van der Waals surface area contributed by atoms with Crippen LogP contribution in [0.2, 0.25) is 0 Å². The van der Waals surface area contributed by atoms with Crippen molar-refractivity contribution in [3.8, 4) is 0 Å². The van der Waals surface area contributed by atoms with Crippen LogP contribution in [0.1, 0.15) is 18.5 Å². The van der Waals surface area contributed by atoms with Crippen molar-refractivity contribution in [2.75, 3.05) is 21.1 Å². The van der Waals surface area contributed by atoms with Crippen molar-refractivity contribution in [2.45, 2.75) is 13.0 Å². The van der Waals surface area contributed by atoms with Crippen LogP contribution in [0.25, 0.3) is 0 Å². The third-order valence-electron chi connectivity index (χ3n) is 2.51. The second kappa shape index (κ2) is 3.81. The second-order valence-corrected chi connectivity index (χ2v) is 5.26. The van der Waals surface area contributed by atoms with E-state index < -0.39 is 0 Å². The fraction of sp³-hybridized carbons (Fsp3) is 0.455. The first-order chi connectivity index (χ1) is 5.91. The molecule has 0 spiro atoms. The summed E-state index contributed by atoms with van der Waals surface area (Å²) in [7, 11) is 6.64. The van der Waals surface area contributed by atoms with Gasteiger partial charge in [-0.1, -0.05) is 28.1 Å². The lowest BCUT2D eigenvalue weighted by Gasteiger charge is -2.31. The summed E-state index contributed by atoms with van der Waals surface area (Å²) < 4.78 is 2.10. The highest BCUT2D eigenvalue weighted by molar-refractivity contribution is 9.10. The van der Waals surface area contributed by atoms with E-state index in [1.165, 1.54) is 5.56 Å². The van der Waals surface area contributed by atoms with Gasteiger partial charge >= 0.3 is 0 Å². The van der Waals surface area contributed by atoms with Crippen molar-refractivity contribution in [1.29, 1.82) is 0 Å². The Balaban J connectivity index is 2.90. The summed E-state index contributed by atoms with van der Waals surface area (Å²) in [5.41, 5.74) is 1.38. The summed E-state index contributed by atoms with van der Waals surface area (Å²) in [5, 5.41) is 0. The largest absolute Gasteiger partial charge is 0.325 e. The first-order valence-corrected chi connectivity index (χ1v) is 5.27. The summed E-state index contributed by atoms with van der Waals surface area (Å²) in [4.78, 5) is 0. The van der Waals surface area contributed by atoms with Gasteiger partial charge in [-0.15, -0.1) is 0 Å². The van der Waals surface area contributed by atoms with E-state index in [-0.39, 0.29) is 0 Å². The van der Waals surface area contributed by atoms with Gasteiger partial charge in [0.2, 0.25) is 0 Å². The Morgan fingerprint density at radius 2 is 1.54 bits per heavy atom. The van der Waals surface area contributed by atoms with Gasteiger partial charge in [0.1, 0.15) is 6.04 Å². The molecule has 0 fully saturated rings. The van der Waals surface area contributed by atoms with Gasteiger partial charge in [0.15, 0.2) is 0 Å². The van der Waals surface area contributed by atoms with Gasteiger partial charge in [0.25, 0.3) is 0 Å². The van der Waals surface area contributed by atoms with Crippen LogP contribution in [0.4, 0.5) is 0 Å². The third kappa shape index (κ3) is 2.82. The van der Waals surface area contributed by atoms with Crippen molar-refractivity contribution in [1.82, 2.24) is 0 Å². The van der Waals surface area contributed by atoms with Crippen molar-refractivity contribution >= 4 is 15.9 Å². The van der Waals surface area contributed by atoms with Gasteiger partial charge in [-0.25, -0.2) is 0 Å². The molecule has 0 saturated heterocycles. The minimum Gasteiger partial charge on any atom is -0.325 e. The molecule has 0 amide bonds. The molecule has 0 N–H and O–H groups in total. The molecule has 0 aromatic heterocycles. The van der Waals surface area contributed by atoms with Crippen LogP contribution in [0.5, 0.6) is 0 Å². The maximum absolute atomic E-state index is 3.44. The molecule has 0 saturated carbocycles. The van der Waals surface area contributed by atoms with E-state index >= 15 is 0 Å². The summed E-state index contributed by atoms with van der Waals surface area (Å²) >= 11 is 3.44. The zero-order chi connectivity index (χ0) is 10.1. The Morgan fingerprint density at radius 3 is 1.92 bits per heavy atom. The minimum atomic E-state index is 0.535. The lowest BCUT2D eigenvalue weighted by atomic mass is 10.1. The number of quaternary nitrogens is 1. The number of benzene rings is 1. The van der Waals surface area contributed by atoms with Crippen LogP contribution >= 0.6 is 15.9 Å². The Morgan fingerprint density at radius 1 is 1.08 bits per heavy atom. The highest BCUT2D eigenvalue weighted by Crippen LogP contribution is 2.23. The average Bonchev–Trinajstić information content (AvgIpc) is 2.03. The van der Waals surface area contributed by atoms with Crippen LogP contribution in [-0.4, -0.2) is 25.6 Å². The molecule has 0 heterocycles. The molecule has 0 aliphatic rings. The first-order valence-electron chi connectivity index (χ1n) is 4.48. The average molecular weight is 243 g/mol. The van der Waals surface area contributed by atoms with Gasteiger partial charge in [0.05, 0.1) is 21.1 Å². The summed E-state index contributed by atoms with van der Waals surface area (Å²) in [6.07, 6.45) is 0. The predicted molar refractivity (Wildman–Crippen MR) is 60.6 cm³/mol. The van der Waals surface area contributed by atoms with Crippen molar-refractivity contribution < 1.29 is 4.48 Å². The minimum absolute atomic E-state index is 0.535. The van der Waals surface area contributed by atoms with E-state index in [0.717, 1.165) is 8.96 Å². The summed E-state index contributed by atoms with van der Waals surface area (Å²) in [6.45, 7) is 2.25. The molecule has 1 rings (SSSR count). The number of nitrogens with zero attached hydrogens (tertiary/aromatic N) is 1. The number of hydrogen-bond donors (Lipinski definition) is 0. The molecule has 1 aromatic rings. The van der Waals surface area contributed by atoms with Gasteiger partial charge in [-0.2, -0.15) is 0 Å². The lowest BCUT2D eigenvalue weighted by Crippen LogP contribution is -2.37. The monoisotopic (exact) mass is 242 g/mol. The second-order valence-electron chi connectivity index (χ2n) is 4.34. The molecule has 0 bridgehead atoms. The first kappa shape index (κ1) is 10.7. The summed E-state index contributed by atoms with van der Waals surface area (Å²) in [5.74, 6) is 0. The Hall–Kier alpha value is -0.340. The number of hydrogen-bond acceptors (Lipinski definition) is 0. The quantitative estimate of drug-likeness (QED) is 0.699. The molecule has 0 radical (unpaired) electrons. The molecular formula is C11H17BrN+. The van der Waals surface area contributed by atoms with Gasteiger partial charge < -0.3 is 4.48 Å². The van der Waals surface area contributed by atoms with E-state index in [1.807, 2.05) is 0 Å². The van der Waals surface area contributed by atoms with Gasteiger partial charge in [0, 0.05) is 10.0 Å². The standard InChI is InChI=1S/C11H17BrN/c1-9(13(2,3)4)10-5-7-11(12)8-6-10/h5-9H,1-4H3/q+1/t9-/m0/s1. The lowest BCUT2D eigenvalue weighted by molar-refractivity contribution is -0.900. The molecule has 72 valence electrons. The molecule has 1 aromatic carbocycles. The van der Waals surface area contributed by atoms with E-state index in [0.29, 0.717) is 6.04 Å². The fourth-order valence-corrected chi connectivity index (χ4v) is 1.45. The van der Waals surface area contributed by atoms with Crippen LogP contribution < -0.4 is 0 Å². The van der Waals surface area contributed by atoms with Crippen molar-refractivity contribution in [3.63, 3.8) is 0 Å². The van der Waals surface area contributed by atoms with Crippen molar-refractivity contribution in [3.05, 3.63) is 34.3 Å². The Bertz CT molecular complexity index is 271. The molecule has 1 nitrogen and oxygen atoms in total. The van der Waals surface area contributed by atoms with Gasteiger partial charge in [-0.05, 0) is 19.1 Å². The van der Waals surface area contributed by atoms with Crippen LogP contribution in [0.15, 0.2) is 28.7 Å². The third-order valence-corrected chi connectivity index (χ3v) is 3.04. The molecule has 0 aliphatic carbocycles. The van der Waals surface area contributed by atoms with Crippen molar-refractivity contribution in [2.24, 2.45) is 0 Å². The highest BCUT2D eigenvalue weighted by atomic mass is 79.9. The number of halogens is 1. The van der Waals surface area contributed by atoms with Crippen LogP contribution in [0, 0.1) is 0 Å². The zero-order valence-corrected chi connectivity index (χ0v) is 10.3. The maximum atomic E-state index is 3.44. The Kier molecular flexibility index (Phi) is 3.14. The van der Waals surface area contributed by atoms with E-state index in [2.05, 4.69) is 68.3 Å². The number of rotatable bonds is 2. The molecule has 13 heavy (non-hydrogen) atoms. The van der Waals surface area contributed by atoms with E-state index in [1.54, 1.807) is 0 Å². The van der Waals surface area contributed by atoms with Crippen LogP contribution in [-0.2, 0) is 0 Å². The van der Waals surface area contributed by atoms with E-state index in [4.69, 9.17) is 0 Å². The topological polar surface area (TPSA) is 0 Å². The smallest absolute Gasteiger partial charge is 0.111 e. The Labute approximate surface area is 89.1 Å². The maximum Gasteiger partial charge on any atom is 0.111 e. The fourth-order valence-electron chi connectivity index (χ4n) is 1.19. The zero-order valence-electron chi connectivity index (χ0n) is 8.71. The summed E-state index contributed by atoms with van der Waals surface area (Å²) in [6, 6.07) is 9.09. The molecule has 0 unspecified atom stereocenters. The van der Waals surface area contributed by atoms with Gasteiger partial charge in [-0.3, -0.25) is 0 Å². The molecule has 0 aliphatic heterocycles. The highest BCUT2D eigenvalue weighted by Gasteiger charge is 2.19. The molecule has 1 atom stereocenters. The van der Waals surface area contributed by atoms with E-state index in [9.17, 15) is 0 Å². The molecular weight excluding hydrogens is 226 g/mol. The van der Waals surface area contributed by atoms with Crippen LogP contribution in [0.3, 0.4) is 0 Å².